The summed E-state index contributed by atoms with van der Waals surface area (Å²) in [4.78, 5) is 11.3. The van der Waals surface area contributed by atoms with E-state index in [1.807, 2.05) is 0 Å². The third-order valence-corrected chi connectivity index (χ3v) is 3.40. The highest BCUT2D eigenvalue weighted by Gasteiger charge is 2.16. The Bertz CT molecular complexity index is 647. The molecule has 0 aliphatic heterocycles. The second kappa shape index (κ2) is 6.49. The molecule has 0 atom stereocenters. The first-order valence-electron chi connectivity index (χ1n) is 5.98. The van der Waals surface area contributed by atoms with E-state index in [0.29, 0.717) is 21.7 Å². The van der Waals surface area contributed by atoms with Gasteiger partial charge in [-0.1, -0.05) is 6.07 Å². The minimum Gasteiger partial charge on any atom is -0.496 e. The molecule has 0 unspecified atom stereocenters. The van der Waals surface area contributed by atoms with E-state index >= 15 is 0 Å². The molecule has 2 aromatic carbocycles. The third kappa shape index (κ3) is 3.46. The zero-order chi connectivity index (χ0) is 15.4. The topological polar surface area (TPSA) is 65.0 Å². The van der Waals surface area contributed by atoms with Crippen LogP contribution in [0.3, 0.4) is 0 Å². The second-order valence-electron chi connectivity index (χ2n) is 4.07. The van der Waals surface area contributed by atoms with Crippen LogP contribution < -0.4 is 14.2 Å². The second-order valence-corrected chi connectivity index (χ2v) is 4.92. The molecule has 0 saturated carbocycles. The summed E-state index contributed by atoms with van der Waals surface area (Å²) in [6, 6.07) is 9.92. The van der Waals surface area contributed by atoms with Crippen molar-refractivity contribution in [3.8, 4) is 23.0 Å². The largest absolute Gasteiger partial charge is 0.496 e. The van der Waals surface area contributed by atoms with E-state index in [0.717, 1.165) is 0 Å². The standard InChI is InChI=1S/C15H13BrO5/c1-19-9-6-10(20-2)8-11(7-9)21-13-5-3-4-12(16)14(13)15(17)18/h3-8H,1-2H3,(H,17,18). The fourth-order valence-electron chi connectivity index (χ4n) is 1.76. The summed E-state index contributed by atoms with van der Waals surface area (Å²) in [7, 11) is 3.06. The van der Waals surface area contributed by atoms with Crippen molar-refractivity contribution in [3.63, 3.8) is 0 Å². The van der Waals surface area contributed by atoms with E-state index in [9.17, 15) is 9.90 Å². The predicted molar refractivity (Wildman–Crippen MR) is 80.7 cm³/mol. The van der Waals surface area contributed by atoms with Gasteiger partial charge in [0.2, 0.25) is 0 Å². The van der Waals surface area contributed by atoms with Gasteiger partial charge >= 0.3 is 5.97 Å². The first-order chi connectivity index (χ1) is 10.0. The van der Waals surface area contributed by atoms with Crippen molar-refractivity contribution >= 4 is 21.9 Å². The van der Waals surface area contributed by atoms with Crippen LogP contribution in [0.25, 0.3) is 0 Å². The van der Waals surface area contributed by atoms with Gasteiger partial charge < -0.3 is 19.3 Å². The third-order valence-electron chi connectivity index (χ3n) is 2.74. The van der Waals surface area contributed by atoms with Gasteiger partial charge in [0.1, 0.15) is 28.6 Å². The van der Waals surface area contributed by atoms with Crippen molar-refractivity contribution in [2.75, 3.05) is 14.2 Å². The van der Waals surface area contributed by atoms with Gasteiger partial charge in [-0.15, -0.1) is 0 Å². The molecule has 0 fully saturated rings. The maximum Gasteiger partial charge on any atom is 0.340 e. The molecule has 1 N–H and O–H groups in total. The molecule has 0 amide bonds. The van der Waals surface area contributed by atoms with E-state index in [1.54, 1.807) is 36.4 Å². The summed E-state index contributed by atoms with van der Waals surface area (Å²) in [5, 5.41) is 9.27. The van der Waals surface area contributed by atoms with Gasteiger partial charge in [0.15, 0.2) is 0 Å². The van der Waals surface area contributed by atoms with Crippen LogP contribution in [0.2, 0.25) is 0 Å². The lowest BCUT2D eigenvalue weighted by atomic mass is 10.2. The Hall–Kier alpha value is -2.21. The molecule has 21 heavy (non-hydrogen) atoms. The van der Waals surface area contributed by atoms with Crippen LogP contribution >= 0.6 is 15.9 Å². The Morgan fingerprint density at radius 3 is 2.14 bits per heavy atom. The zero-order valence-corrected chi connectivity index (χ0v) is 13.0. The molecule has 2 rings (SSSR count). The highest BCUT2D eigenvalue weighted by atomic mass is 79.9. The van der Waals surface area contributed by atoms with Crippen LogP contribution in [0.1, 0.15) is 10.4 Å². The van der Waals surface area contributed by atoms with E-state index in [-0.39, 0.29) is 11.3 Å². The van der Waals surface area contributed by atoms with Gasteiger partial charge in [-0.2, -0.15) is 0 Å². The van der Waals surface area contributed by atoms with Gasteiger partial charge in [-0.05, 0) is 28.1 Å². The molecule has 0 aliphatic rings. The first-order valence-corrected chi connectivity index (χ1v) is 6.77. The van der Waals surface area contributed by atoms with E-state index < -0.39 is 5.97 Å². The smallest absolute Gasteiger partial charge is 0.340 e. The van der Waals surface area contributed by atoms with Gasteiger partial charge in [0, 0.05) is 22.7 Å². The molecule has 0 aliphatic carbocycles. The Morgan fingerprint density at radius 1 is 1.05 bits per heavy atom. The van der Waals surface area contributed by atoms with E-state index in [4.69, 9.17) is 14.2 Å². The first kappa shape index (κ1) is 15.2. The molecule has 0 radical (unpaired) electrons. The number of methoxy groups -OCH3 is 2. The lowest BCUT2D eigenvalue weighted by Crippen LogP contribution is -2.01. The summed E-state index contributed by atoms with van der Waals surface area (Å²) in [5.41, 5.74) is 0.0549. The SMILES string of the molecule is COc1cc(OC)cc(Oc2cccc(Br)c2C(=O)O)c1. The fourth-order valence-corrected chi connectivity index (χ4v) is 2.28. The number of hydrogen-bond acceptors (Lipinski definition) is 4. The monoisotopic (exact) mass is 352 g/mol. The summed E-state index contributed by atoms with van der Waals surface area (Å²) in [5.74, 6) is 0.679. The minimum absolute atomic E-state index is 0.0549. The molecule has 0 spiro atoms. The molecule has 0 heterocycles. The lowest BCUT2D eigenvalue weighted by molar-refractivity contribution is 0.0693. The van der Waals surface area contributed by atoms with Crippen LogP contribution in [0.5, 0.6) is 23.0 Å². The number of ether oxygens (including phenoxy) is 3. The predicted octanol–water partition coefficient (Wildman–Crippen LogP) is 3.96. The molecule has 110 valence electrons. The van der Waals surface area contributed by atoms with Gasteiger partial charge in [0.25, 0.3) is 0 Å². The lowest BCUT2D eigenvalue weighted by Gasteiger charge is -2.12. The Labute approximate surface area is 130 Å². The van der Waals surface area contributed by atoms with Crippen LogP contribution in [0.4, 0.5) is 0 Å². The van der Waals surface area contributed by atoms with Crippen LogP contribution in [-0.2, 0) is 0 Å². The van der Waals surface area contributed by atoms with Crippen molar-refractivity contribution in [2.24, 2.45) is 0 Å². The maximum absolute atomic E-state index is 11.3. The quantitative estimate of drug-likeness (QED) is 0.882. The Balaban J connectivity index is 2.43. The van der Waals surface area contributed by atoms with Crippen molar-refractivity contribution in [1.29, 1.82) is 0 Å². The summed E-state index contributed by atoms with van der Waals surface area (Å²) >= 11 is 3.21. The van der Waals surface area contributed by atoms with E-state index in [1.165, 1.54) is 14.2 Å². The summed E-state index contributed by atoms with van der Waals surface area (Å²) in [6.07, 6.45) is 0. The maximum atomic E-state index is 11.3. The Morgan fingerprint density at radius 2 is 1.62 bits per heavy atom. The highest BCUT2D eigenvalue weighted by Crippen LogP contribution is 2.34. The molecule has 0 saturated heterocycles. The molecule has 0 aromatic heterocycles. The fraction of sp³-hybridized carbons (Fsp3) is 0.133. The normalized spacial score (nSPS) is 10.0. The number of carbonyl (C=O) groups is 1. The number of hydrogen-bond donors (Lipinski definition) is 1. The van der Waals surface area contributed by atoms with E-state index in [2.05, 4.69) is 15.9 Å². The van der Waals surface area contributed by atoms with Gasteiger partial charge in [0.05, 0.1) is 14.2 Å². The number of benzene rings is 2. The number of carboxylic acid groups (broad SMARTS) is 1. The molecular formula is C15H13BrO5. The minimum atomic E-state index is -1.08. The molecule has 0 bridgehead atoms. The van der Waals surface area contributed by atoms with Crippen LogP contribution in [-0.4, -0.2) is 25.3 Å². The zero-order valence-electron chi connectivity index (χ0n) is 11.4. The van der Waals surface area contributed by atoms with Crippen molar-refractivity contribution in [3.05, 3.63) is 46.4 Å². The van der Waals surface area contributed by atoms with Gasteiger partial charge in [-0.25, -0.2) is 4.79 Å². The number of halogens is 1. The molecular weight excluding hydrogens is 340 g/mol. The highest BCUT2D eigenvalue weighted by molar-refractivity contribution is 9.10. The van der Waals surface area contributed by atoms with Crippen molar-refractivity contribution in [1.82, 2.24) is 0 Å². The Kier molecular flexibility index (Phi) is 4.70. The van der Waals surface area contributed by atoms with Crippen molar-refractivity contribution < 1.29 is 24.1 Å². The van der Waals surface area contributed by atoms with Crippen LogP contribution in [0.15, 0.2) is 40.9 Å². The number of aromatic carboxylic acids is 1. The molecule has 2 aromatic rings. The van der Waals surface area contributed by atoms with Gasteiger partial charge in [-0.3, -0.25) is 0 Å². The average Bonchev–Trinajstić information content (AvgIpc) is 2.46. The van der Waals surface area contributed by atoms with Crippen LogP contribution in [0, 0.1) is 0 Å². The summed E-state index contributed by atoms with van der Waals surface area (Å²) < 4.78 is 16.4. The number of carboxylic acids is 1. The number of rotatable bonds is 5. The molecule has 6 heteroatoms. The van der Waals surface area contributed by atoms with Crippen molar-refractivity contribution in [2.45, 2.75) is 0 Å². The average molecular weight is 353 g/mol. The summed E-state index contributed by atoms with van der Waals surface area (Å²) in [6.45, 7) is 0. The molecule has 5 nitrogen and oxygen atoms in total.